The number of likely N-dealkylation sites (tertiary alicyclic amines) is 1. The molecule has 2 fully saturated rings. The highest BCUT2D eigenvalue weighted by Gasteiger charge is 2.33. The topological polar surface area (TPSA) is 99.7 Å². The highest BCUT2D eigenvalue weighted by Crippen LogP contribution is 2.26. The number of benzene rings is 2. The van der Waals surface area contributed by atoms with E-state index in [1.165, 1.54) is 29.2 Å². The lowest BCUT2D eigenvalue weighted by Gasteiger charge is -2.38. The molecule has 2 aliphatic heterocycles. The SMILES string of the molecule is O=c1c2cnn(-c3ccc(N4CC[C@H](O)C4)cc3)c2ncn1CC1(O)CCN(Cc2ccc(F)cc2)CC1. The number of β-amino-alcohol motifs (C(OH)–C–C–N with tert-alkyl or cyclic N) is 1. The second-order valence-corrected chi connectivity index (χ2v) is 10.5. The van der Waals surface area contributed by atoms with Crippen molar-refractivity contribution >= 4 is 16.7 Å². The van der Waals surface area contributed by atoms with Gasteiger partial charge < -0.3 is 15.1 Å². The zero-order valence-electron chi connectivity index (χ0n) is 21.1. The van der Waals surface area contributed by atoms with Crippen LogP contribution in [-0.2, 0) is 13.1 Å². The van der Waals surface area contributed by atoms with Gasteiger partial charge in [-0.05, 0) is 61.2 Å². The van der Waals surface area contributed by atoms with E-state index in [9.17, 15) is 19.4 Å². The van der Waals surface area contributed by atoms with Crippen molar-refractivity contribution in [1.82, 2.24) is 24.2 Å². The largest absolute Gasteiger partial charge is 0.391 e. The van der Waals surface area contributed by atoms with Gasteiger partial charge in [0, 0.05) is 38.4 Å². The Morgan fingerprint density at radius 1 is 1.00 bits per heavy atom. The molecule has 2 aromatic heterocycles. The molecule has 2 aromatic carbocycles. The van der Waals surface area contributed by atoms with Crippen LogP contribution >= 0.6 is 0 Å². The molecule has 0 aliphatic carbocycles. The van der Waals surface area contributed by atoms with E-state index >= 15 is 0 Å². The van der Waals surface area contributed by atoms with Crippen LogP contribution in [0.2, 0.25) is 0 Å². The molecule has 2 aliphatic rings. The molecule has 6 rings (SSSR count). The summed E-state index contributed by atoms with van der Waals surface area (Å²) in [6, 6.07) is 14.3. The first kappa shape index (κ1) is 24.7. The monoisotopic (exact) mass is 518 g/mol. The number of rotatable bonds is 6. The molecule has 0 spiro atoms. The average molecular weight is 519 g/mol. The fourth-order valence-electron chi connectivity index (χ4n) is 5.48. The summed E-state index contributed by atoms with van der Waals surface area (Å²) in [5, 5.41) is 25.9. The van der Waals surface area contributed by atoms with Crippen molar-refractivity contribution in [2.75, 3.05) is 31.1 Å². The number of hydrogen-bond acceptors (Lipinski definition) is 7. The standard InChI is InChI=1S/C28H31FN6O3/c29-21-3-1-20(2-4-21)16-32-13-10-28(38,11-14-32)18-34-19-30-26-25(27(34)37)15-31-35(26)23-7-5-22(6-8-23)33-12-9-24(36)17-33/h1-8,15,19,24,36,38H,9-14,16-18H2/t24-/m0/s1. The van der Waals surface area contributed by atoms with Crippen LogP contribution in [0.4, 0.5) is 10.1 Å². The van der Waals surface area contributed by atoms with E-state index in [2.05, 4.69) is 19.9 Å². The lowest BCUT2D eigenvalue weighted by atomic mass is 9.91. The number of aliphatic hydroxyl groups is 2. The van der Waals surface area contributed by atoms with Crippen LogP contribution in [0.3, 0.4) is 0 Å². The van der Waals surface area contributed by atoms with Crippen LogP contribution in [0.25, 0.3) is 16.7 Å². The summed E-state index contributed by atoms with van der Waals surface area (Å²) in [6.45, 7) is 3.69. The number of fused-ring (bicyclic) bond motifs is 1. The van der Waals surface area contributed by atoms with Crippen molar-refractivity contribution in [2.24, 2.45) is 0 Å². The Morgan fingerprint density at radius 3 is 2.39 bits per heavy atom. The number of halogens is 1. The van der Waals surface area contributed by atoms with Crippen LogP contribution in [0.15, 0.2) is 65.8 Å². The first-order chi connectivity index (χ1) is 18.4. The van der Waals surface area contributed by atoms with E-state index in [1.54, 1.807) is 16.8 Å². The summed E-state index contributed by atoms with van der Waals surface area (Å²) in [5.41, 5.74) is 2.09. The summed E-state index contributed by atoms with van der Waals surface area (Å²) in [6.07, 6.45) is 4.55. The molecule has 1 atom stereocenters. The molecule has 38 heavy (non-hydrogen) atoms. The summed E-state index contributed by atoms with van der Waals surface area (Å²) >= 11 is 0. The van der Waals surface area contributed by atoms with Gasteiger partial charge >= 0.3 is 0 Å². The van der Waals surface area contributed by atoms with Crippen LogP contribution in [-0.4, -0.2) is 72.3 Å². The van der Waals surface area contributed by atoms with E-state index in [4.69, 9.17) is 0 Å². The number of aromatic nitrogens is 4. The fraction of sp³-hybridized carbons (Fsp3) is 0.393. The zero-order valence-corrected chi connectivity index (χ0v) is 21.1. The summed E-state index contributed by atoms with van der Waals surface area (Å²) in [7, 11) is 0. The minimum absolute atomic E-state index is 0.167. The molecule has 0 radical (unpaired) electrons. The molecule has 0 saturated carbocycles. The Balaban J connectivity index is 1.14. The van der Waals surface area contributed by atoms with Crippen LogP contribution in [0.1, 0.15) is 24.8 Å². The van der Waals surface area contributed by atoms with Gasteiger partial charge in [-0.15, -0.1) is 0 Å². The number of anilines is 1. The number of hydrogen-bond donors (Lipinski definition) is 2. The van der Waals surface area contributed by atoms with E-state index in [0.29, 0.717) is 50.1 Å². The van der Waals surface area contributed by atoms with Crippen molar-refractivity contribution in [3.05, 3.63) is 82.8 Å². The molecular weight excluding hydrogens is 487 g/mol. The molecule has 0 unspecified atom stereocenters. The molecule has 4 heterocycles. The molecule has 4 aromatic rings. The third-order valence-corrected chi connectivity index (χ3v) is 7.75. The molecule has 2 saturated heterocycles. The van der Waals surface area contributed by atoms with E-state index in [0.717, 1.165) is 29.9 Å². The Hall–Kier alpha value is -3.60. The van der Waals surface area contributed by atoms with Gasteiger partial charge in [-0.1, -0.05) is 12.1 Å². The summed E-state index contributed by atoms with van der Waals surface area (Å²) in [4.78, 5) is 22.2. The maximum absolute atomic E-state index is 13.3. The zero-order chi connectivity index (χ0) is 26.3. The maximum atomic E-state index is 13.3. The predicted molar refractivity (Wildman–Crippen MR) is 142 cm³/mol. The average Bonchev–Trinajstić information content (AvgIpc) is 3.56. The second-order valence-electron chi connectivity index (χ2n) is 10.5. The van der Waals surface area contributed by atoms with Crippen molar-refractivity contribution in [3.8, 4) is 5.69 Å². The van der Waals surface area contributed by atoms with Crippen LogP contribution in [0.5, 0.6) is 0 Å². The normalized spacial score (nSPS) is 19.9. The Bertz CT molecular complexity index is 1480. The highest BCUT2D eigenvalue weighted by atomic mass is 19.1. The number of nitrogens with zero attached hydrogens (tertiary/aromatic N) is 6. The number of piperidine rings is 1. The molecule has 9 nitrogen and oxygen atoms in total. The van der Waals surface area contributed by atoms with Gasteiger partial charge in [0.05, 0.1) is 30.1 Å². The number of aliphatic hydroxyl groups excluding tert-OH is 1. The highest BCUT2D eigenvalue weighted by molar-refractivity contribution is 5.75. The van der Waals surface area contributed by atoms with Gasteiger partial charge in [-0.2, -0.15) is 5.10 Å². The van der Waals surface area contributed by atoms with Gasteiger partial charge in [-0.25, -0.2) is 14.1 Å². The van der Waals surface area contributed by atoms with E-state index in [-0.39, 0.29) is 24.0 Å². The third-order valence-electron chi connectivity index (χ3n) is 7.75. The molecule has 2 N–H and O–H groups in total. The van der Waals surface area contributed by atoms with E-state index in [1.807, 2.05) is 24.3 Å². The minimum atomic E-state index is -1.01. The van der Waals surface area contributed by atoms with Crippen molar-refractivity contribution < 1.29 is 14.6 Å². The molecule has 0 bridgehead atoms. The van der Waals surface area contributed by atoms with Gasteiger partial charge in [-0.3, -0.25) is 14.3 Å². The molecule has 198 valence electrons. The van der Waals surface area contributed by atoms with Gasteiger partial charge in [0.15, 0.2) is 5.65 Å². The van der Waals surface area contributed by atoms with Crippen molar-refractivity contribution in [3.63, 3.8) is 0 Å². The fourth-order valence-corrected chi connectivity index (χ4v) is 5.48. The Labute approximate surface area is 219 Å². The Kier molecular flexibility index (Phi) is 6.46. The van der Waals surface area contributed by atoms with Gasteiger partial charge in [0.2, 0.25) is 0 Å². The third kappa shape index (κ3) is 4.94. The Morgan fingerprint density at radius 2 is 1.71 bits per heavy atom. The lowest BCUT2D eigenvalue weighted by molar-refractivity contribution is -0.0364. The van der Waals surface area contributed by atoms with Gasteiger partial charge in [0.1, 0.15) is 17.5 Å². The van der Waals surface area contributed by atoms with E-state index < -0.39 is 5.60 Å². The molecule has 10 heteroatoms. The quantitative estimate of drug-likeness (QED) is 0.404. The molecular formula is C28H31FN6O3. The minimum Gasteiger partial charge on any atom is -0.391 e. The van der Waals surface area contributed by atoms with Crippen molar-refractivity contribution in [1.29, 1.82) is 0 Å². The predicted octanol–water partition coefficient (Wildman–Crippen LogP) is 2.32. The van der Waals surface area contributed by atoms with Gasteiger partial charge in [0.25, 0.3) is 5.56 Å². The first-order valence-corrected chi connectivity index (χ1v) is 13.0. The molecule has 0 amide bonds. The van der Waals surface area contributed by atoms with Crippen LogP contribution < -0.4 is 10.5 Å². The maximum Gasteiger partial charge on any atom is 0.264 e. The summed E-state index contributed by atoms with van der Waals surface area (Å²) in [5.74, 6) is -0.250. The smallest absolute Gasteiger partial charge is 0.264 e. The van der Waals surface area contributed by atoms with Crippen LogP contribution in [0, 0.1) is 5.82 Å². The van der Waals surface area contributed by atoms with Crippen molar-refractivity contribution in [2.45, 2.75) is 44.1 Å². The first-order valence-electron chi connectivity index (χ1n) is 13.0. The lowest BCUT2D eigenvalue weighted by Crippen LogP contribution is -2.47. The summed E-state index contributed by atoms with van der Waals surface area (Å²) < 4.78 is 16.3. The second kappa shape index (κ2) is 9.94.